The number of nitrogens with one attached hydrogen (secondary N) is 2. The first-order valence-electron chi connectivity index (χ1n) is 7.17. The maximum atomic E-state index is 4.55. The third-order valence-electron chi connectivity index (χ3n) is 3.86. The van der Waals surface area contributed by atoms with Crippen LogP contribution < -0.4 is 10.2 Å². The number of fused-ring (bicyclic) bond motifs is 1. The lowest BCUT2D eigenvalue weighted by Crippen LogP contribution is -2.43. The Hall–Kier alpha value is -1.92. The highest BCUT2D eigenvalue weighted by atomic mass is 32.1. The van der Waals surface area contributed by atoms with E-state index >= 15 is 0 Å². The number of H-pyrrole nitrogens is 1. The van der Waals surface area contributed by atoms with Crippen molar-refractivity contribution in [3.05, 3.63) is 28.7 Å². The summed E-state index contributed by atoms with van der Waals surface area (Å²) in [7, 11) is 0. The molecule has 21 heavy (non-hydrogen) atoms. The van der Waals surface area contributed by atoms with Crippen molar-refractivity contribution < 1.29 is 0 Å². The summed E-state index contributed by atoms with van der Waals surface area (Å²) in [5, 5.41) is 7.74. The Morgan fingerprint density at radius 2 is 2.14 bits per heavy atom. The highest BCUT2D eigenvalue weighted by Crippen LogP contribution is 2.30. The molecule has 2 N–H and O–H groups in total. The molecule has 0 aliphatic carbocycles. The van der Waals surface area contributed by atoms with Gasteiger partial charge in [-0.3, -0.25) is 0 Å². The van der Waals surface area contributed by atoms with Gasteiger partial charge in [0, 0.05) is 48.8 Å². The van der Waals surface area contributed by atoms with E-state index in [1.165, 1.54) is 11.1 Å². The van der Waals surface area contributed by atoms with E-state index < -0.39 is 0 Å². The largest absolute Gasteiger partial charge is 0.368 e. The average molecular weight is 299 g/mol. The molecular weight excluding hydrogens is 282 g/mol. The van der Waals surface area contributed by atoms with Gasteiger partial charge >= 0.3 is 0 Å². The normalized spacial score (nSPS) is 15.8. The third-order valence-corrected chi connectivity index (χ3v) is 4.64. The van der Waals surface area contributed by atoms with Crippen LogP contribution in [0.15, 0.2) is 23.7 Å². The summed E-state index contributed by atoms with van der Waals surface area (Å²) < 4.78 is 0. The Labute approximate surface area is 127 Å². The number of nitrogens with zero attached hydrogens (tertiary/aromatic N) is 3. The molecule has 0 bridgehead atoms. The minimum absolute atomic E-state index is 0.937. The molecule has 4 heterocycles. The number of aromatic nitrogens is 3. The van der Waals surface area contributed by atoms with Crippen LogP contribution in [-0.2, 0) is 0 Å². The van der Waals surface area contributed by atoms with Gasteiger partial charge in [-0.15, -0.1) is 11.3 Å². The predicted octanol–water partition coefficient (Wildman–Crippen LogP) is 2.40. The molecule has 3 aromatic heterocycles. The fraction of sp³-hybridized carbons (Fsp3) is 0.333. The van der Waals surface area contributed by atoms with E-state index in [4.69, 9.17) is 0 Å². The molecule has 0 unspecified atom stereocenters. The lowest BCUT2D eigenvalue weighted by molar-refractivity contribution is 0.590. The molecule has 1 fully saturated rings. The molecule has 1 saturated heterocycles. The van der Waals surface area contributed by atoms with E-state index in [9.17, 15) is 0 Å². The third kappa shape index (κ3) is 2.30. The molecule has 0 atom stereocenters. The lowest BCUT2D eigenvalue weighted by Gasteiger charge is -2.29. The van der Waals surface area contributed by atoms with E-state index in [-0.39, 0.29) is 0 Å². The summed E-state index contributed by atoms with van der Waals surface area (Å²) in [6, 6.07) is 4.28. The molecule has 0 amide bonds. The summed E-state index contributed by atoms with van der Waals surface area (Å²) in [5.74, 6) is 0. The van der Waals surface area contributed by atoms with Crippen molar-refractivity contribution in [2.45, 2.75) is 6.92 Å². The first-order chi connectivity index (χ1) is 10.3. The number of piperazine rings is 1. The Morgan fingerprint density at radius 1 is 1.29 bits per heavy atom. The van der Waals surface area contributed by atoms with E-state index in [2.05, 4.69) is 42.7 Å². The average Bonchev–Trinajstić information content (AvgIpc) is 3.13. The SMILES string of the molecule is Cc1nc(-c2cc3c(N4CCNCC4)ccnc3[nH]2)cs1. The molecule has 0 saturated carbocycles. The van der Waals surface area contributed by atoms with E-state index in [1.54, 1.807) is 11.3 Å². The summed E-state index contributed by atoms with van der Waals surface area (Å²) in [6.45, 7) is 6.17. The Bertz CT molecular complexity index is 769. The summed E-state index contributed by atoms with van der Waals surface area (Å²) in [5.41, 5.74) is 4.24. The van der Waals surface area contributed by atoms with Gasteiger partial charge in [-0.05, 0) is 19.1 Å². The van der Waals surface area contributed by atoms with Crippen molar-refractivity contribution in [2.75, 3.05) is 31.1 Å². The molecule has 1 aliphatic rings. The maximum Gasteiger partial charge on any atom is 0.139 e. The van der Waals surface area contributed by atoms with Crippen molar-refractivity contribution in [3.63, 3.8) is 0 Å². The van der Waals surface area contributed by atoms with Crippen LogP contribution in [0.5, 0.6) is 0 Å². The fourth-order valence-corrected chi connectivity index (χ4v) is 3.43. The number of anilines is 1. The Morgan fingerprint density at radius 3 is 2.90 bits per heavy atom. The van der Waals surface area contributed by atoms with Gasteiger partial charge in [-0.1, -0.05) is 0 Å². The van der Waals surface area contributed by atoms with Gasteiger partial charge in [-0.2, -0.15) is 0 Å². The number of hydrogen-bond donors (Lipinski definition) is 2. The second kappa shape index (κ2) is 5.13. The zero-order valence-corrected chi connectivity index (χ0v) is 12.7. The van der Waals surface area contributed by atoms with E-state index in [1.807, 2.05) is 13.1 Å². The van der Waals surface area contributed by atoms with Crippen LogP contribution in [-0.4, -0.2) is 41.1 Å². The highest BCUT2D eigenvalue weighted by Gasteiger charge is 2.16. The quantitative estimate of drug-likeness (QED) is 0.763. The van der Waals surface area contributed by atoms with Gasteiger partial charge in [-0.25, -0.2) is 9.97 Å². The van der Waals surface area contributed by atoms with Gasteiger partial charge in [0.05, 0.1) is 16.4 Å². The second-order valence-corrected chi connectivity index (χ2v) is 6.33. The van der Waals surface area contributed by atoms with Crippen LogP contribution in [0.25, 0.3) is 22.4 Å². The Balaban J connectivity index is 1.80. The molecule has 6 heteroatoms. The van der Waals surface area contributed by atoms with Crippen molar-refractivity contribution in [1.82, 2.24) is 20.3 Å². The molecule has 5 nitrogen and oxygen atoms in total. The molecule has 0 radical (unpaired) electrons. The van der Waals surface area contributed by atoms with Crippen LogP contribution in [0.1, 0.15) is 5.01 Å². The molecule has 3 aromatic rings. The van der Waals surface area contributed by atoms with Gasteiger partial charge in [0.15, 0.2) is 0 Å². The minimum atomic E-state index is 0.937. The predicted molar refractivity (Wildman–Crippen MR) is 87.0 cm³/mol. The number of aromatic amines is 1. The molecule has 0 spiro atoms. The standard InChI is InChI=1S/C15H17N5S/c1-10-18-13(9-21-10)12-8-11-14(2-3-17-15(11)19-12)20-6-4-16-5-7-20/h2-3,8-9,16H,4-7H2,1H3,(H,17,19). The Kier molecular flexibility index (Phi) is 3.12. The number of pyridine rings is 1. The first kappa shape index (κ1) is 12.8. The smallest absolute Gasteiger partial charge is 0.139 e. The molecule has 108 valence electrons. The second-order valence-electron chi connectivity index (χ2n) is 5.26. The lowest BCUT2D eigenvalue weighted by atomic mass is 10.2. The van der Waals surface area contributed by atoms with Crippen LogP contribution in [0, 0.1) is 6.92 Å². The van der Waals surface area contributed by atoms with Gasteiger partial charge in [0.25, 0.3) is 0 Å². The van der Waals surface area contributed by atoms with Crippen molar-refractivity contribution in [3.8, 4) is 11.4 Å². The monoisotopic (exact) mass is 299 g/mol. The van der Waals surface area contributed by atoms with Crippen LogP contribution >= 0.6 is 11.3 Å². The molecular formula is C15H17N5S. The summed E-state index contributed by atoms with van der Waals surface area (Å²) >= 11 is 1.67. The van der Waals surface area contributed by atoms with Gasteiger partial charge < -0.3 is 15.2 Å². The van der Waals surface area contributed by atoms with Crippen LogP contribution in [0.4, 0.5) is 5.69 Å². The van der Waals surface area contributed by atoms with E-state index in [0.29, 0.717) is 0 Å². The van der Waals surface area contributed by atoms with E-state index in [0.717, 1.165) is 48.2 Å². The van der Waals surface area contributed by atoms with Crippen LogP contribution in [0.3, 0.4) is 0 Å². The topological polar surface area (TPSA) is 56.8 Å². The first-order valence-corrected chi connectivity index (χ1v) is 8.05. The van der Waals surface area contributed by atoms with Gasteiger partial charge in [0.1, 0.15) is 5.65 Å². The number of hydrogen-bond acceptors (Lipinski definition) is 5. The van der Waals surface area contributed by atoms with Crippen molar-refractivity contribution in [1.29, 1.82) is 0 Å². The summed E-state index contributed by atoms with van der Waals surface area (Å²) in [4.78, 5) is 14.8. The molecule has 0 aromatic carbocycles. The molecule has 1 aliphatic heterocycles. The fourth-order valence-electron chi connectivity index (χ4n) is 2.82. The minimum Gasteiger partial charge on any atom is -0.368 e. The van der Waals surface area contributed by atoms with Gasteiger partial charge in [0.2, 0.25) is 0 Å². The molecule has 4 rings (SSSR count). The van der Waals surface area contributed by atoms with Crippen molar-refractivity contribution in [2.24, 2.45) is 0 Å². The van der Waals surface area contributed by atoms with Crippen LogP contribution in [0.2, 0.25) is 0 Å². The zero-order valence-electron chi connectivity index (χ0n) is 11.9. The number of rotatable bonds is 2. The summed E-state index contributed by atoms with van der Waals surface area (Å²) in [6.07, 6.45) is 1.88. The highest BCUT2D eigenvalue weighted by molar-refractivity contribution is 7.09. The number of thiazole rings is 1. The number of aryl methyl sites for hydroxylation is 1. The van der Waals surface area contributed by atoms with Crippen molar-refractivity contribution >= 4 is 28.1 Å². The maximum absolute atomic E-state index is 4.55. The zero-order chi connectivity index (χ0) is 14.2.